The van der Waals surface area contributed by atoms with Crippen LogP contribution in [0.5, 0.6) is 0 Å². The largest absolute Gasteiger partial charge is 0.313 e. The van der Waals surface area contributed by atoms with Crippen molar-refractivity contribution in [2.45, 2.75) is 51.1 Å². The summed E-state index contributed by atoms with van der Waals surface area (Å²) < 4.78 is 0. The van der Waals surface area contributed by atoms with Crippen LogP contribution in [0.15, 0.2) is 0 Å². The first-order chi connectivity index (χ1) is 6.94. The summed E-state index contributed by atoms with van der Waals surface area (Å²) in [6.45, 7) is 4.79. The molecule has 2 N–H and O–H groups in total. The van der Waals surface area contributed by atoms with Crippen molar-refractivity contribution >= 4 is 0 Å². The second-order valence-electron chi connectivity index (χ2n) is 5.36. The Kier molecular flexibility index (Phi) is 4.12. The van der Waals surface area contributed by atoms with Gasteiger partial charge in [0.1, 0.15) is 5.54 Å². The van der Waals surface area contributed by atoms with E-state index in [1.165, 1.54) is 25.7 Å². The van der Waals surface area contributed by atoms with E-state index in [0.717, 1.165) is 5.92 Å². The van der Waals surface area contributed by atoms with E-state index >= 15 is 0 Å². The van der Waals surface area contributed by atoms with Gasteiger partial charge in [0.15, 0.2) is 0 Å². The highest BCUT2D eigenvalue weighted by molar-refractivity contribution is 5.03. The molecule has 0 aliphatic heterocycles. The molecule has 0 saturated heterocycles. The van der Waals surface area contributed by atoms with Gasteiger partial charge in [-0.2, -0.15) is 5.26 Å². The molecule has 1 unspecified atom stereocenters. The first kappa shape index (κ1) is 12.5. The van der Waals surface area contributed by atoms with Crippen LogP contribution in [-0.2, 0) is 0 Å². The molecule has 1 aliphatic carbocycles. The zero-order valence-corrected chi connectivity index (χ0v) is 10.2. The molecule has 0 bridgehead atoms. The molecule has 86 valence electrons. The summed E-state index contributed by atoms with van der Waals surface area (Å²) in [5.74, 6) is 0.870. The number of rotatable bonds is 3. The van der Waals surface area contributed by atoms with Gasteiger partial charge >= 0.3 is 0 Å². The lowest BCUT2D eigenvalue weighted by atomic mass is 9.86. The fraction of sp³-hybridized carbons (Fsp3) is 0.917. The van der Waals surface area contributed by atoms with E-state index < -0.39 is 5.54 Å². The average Bonchev–Trinajstić information content (AvgIpc) is 2.18. The normalized spacial score (nSPS) is 30.9. The lowest BCUT2D eigenvalue weighted by Crippen LogP contribution is -2.49. The van der Waals surface area contributed by atoms with Crippen molar-refractivity contribution in [2.24, 2.45) is 11.7 Å². The van der Waals surface area contributed by atoms with Crippen LogP contribution in [0.3, 0.4) is 0 Å². The van der Waals surface area contributed by atoms with Gasteiger partial charge in [0.25, 0.3) is 0 Å². The highest BCUT2D eigenvalue weighted by atomic mass is 15.1. The molecule has 0 heterocycles. The summed E-state index contributed by atoms with van der Waals surface area (Å²) in [5, 5.41) is 8.88. The SMILES string of the molecule is CC1CCC(N(C)CC(C)(N)C#N)CC1. The maximum absolute atomic E-state index is 8.88. The predicted molar refractivity (Wildman–Crippen MR) is 62.3 cm³/mol. The van der Waals surface area contributed by atoms with Crippen molar-refractivity contribution in [3.05, 3.63) is 0 Å². The van der Waals surface area contributed by atoms with Crippen LogP contribution in [0.1, 0.15) is 39.5 Å². The maximum atomic E-state index is 8.88. The zero-order chi connectivity index (χ0) is 11.5. The van der Waals surface area contributed by atoms with Crippen LogP contribution in [0.2, 0.25) is 0 Å². The summed E-state index contributed by atoms with van der Waals surface area (Å²) in [5.41, 5.74) is 5.14. The molecule has 3 heteroatoms. The van der Waals surface area contributed by atoms with Crippen LogP contribution in [0.25, 0.3) is 0 Å². The molecule has 0 aromatic carbocycles. The topological polar surface area (TPSA) is 53.0 Å². The second-order valence-corrected chi connectivity index (χ2v) is 5.36. The molecule has 3 nitrogen and oxygen atoms in total. The minimum Gasteiger partial charge on any atom is -0.313 e. The molecular formula is C12H23N3. The minimum atomic E-state index is -0.711. The van der Waals surface area contributed by atoms with Crippen molar-refractivity contribution in [3.63, 3.8) is 0 Å². The Hall–Kier alpha value is -0.590. The van der Waals surface area contributed by atoms with Crippen LogP contribution in [-0.4, -0.2) is 30.1 Å². The molecule has 0 spiro atoms. The second kappa shape index (κ2) is 4.96. The van der Waals surface area contributed by atoms with Gasteiger partial charge < -0.3 is 10.6 Å². The fourth-order valence-electron chi connectivity index (χ4n) is 2.37. The number of nitriles is 1. The highest BCUT2D eigenvalue weighted by Crippen LogP contribution is 2.26. The molecule has 15 heavy (non-hydrogen) atoms. The van der Waals surface area contributed by atoms with Crippen LogP contribution >= 0.6 is 0 Å². The van der Waals surface area contributed by atoms with Crippen molar-refractivity contribution in [3.8, 4) is 6.07 Å². The van der Waals surface area contributed by atoms with Crippen LogP contribution < -0.4 is 5.73 Å². The fourth-order valence-corrected chi connectivity index (χ4v) is 2.37. The van der Waals surface area contributed by atoms with Gasteiger partial charge in [-0.15, -0.1) is 0 Å². The van der Waals surface area contributed by atoms with Crippen molar-refractivity contribution in [1.29, 1.82) is 5.26 Å². The monoisotopic (exact) mass is 209 g/mol. The summed E-state index contributed by atoms with van der Waals surface area (Å²) in [4.78, 5) is 2.26. The van der Waals surface area contributed by atoms with Crippen molar-refractivity contribution < 1.29 is 0 Å². The third-order valence-corrected chi connectivity index (χ3v) is 3.44. The molecule has 1 aliphatic rings. The van der Waals surface area contributed by atoms with Crippen LogP contribution in [0.4, 0.5) is 0 Å². The molecule has 0 amide bonds. The van der Waals surface area contributed by atoms with Gasteiger partial charge in [-0.3, -0.25) is 0 Å². The third kappa shape index (κ3) is 3.81. The quantitative estimate of drug-likeness (QED) is 0.770. The number of nitrogens with zero attached hydrogens (tertiary/aromatic N) is 2. The molecule has 1 fully saturated rings. The summed E-state index contributed by atoms with van der Waals surface area (Å²) in [6, 6.07) is 2.78. The molecular weight excluding hydrogens is 186 g/mol. The van der Waals surface area contributed by atoms with Gasteiger partial charge in [0, 0.05) is 12.6 Å². The van der Waals surface area contributed by atoms with Crippen molar-refractivity contribution in [2.75, 3.05) is 13.6 Å². The van der Waals surface area contributed by atoms with Crippen molar-refractivity contribution in [1.82, 2.24) is 4.90 Å². The Bertz CT molecular complexity index is 234. The number of hydrogen-bond donors (Lipinski definition) is 1. The molecule has 1 rings (SSSR count). The Morgan fingerprint density at radius 2 is 1.93 bits per heavy atom. The van der Waals surface area contributed by atoms with Crippen LogP contribution in [0, 0.1) is 17.2 Å². The molecule has 0 radical (unpaired) electrons. The Morgan fingerprint density at radius 1 is 1.40 bits per heavy atom. The van der Waals surface area contributed by atoms with Gasteiger partial charge in [-0.05, 0) is 45.6 Å². The predicted octanol–water partition coefficient (Wildman–Crippen LogP) is 1.74. The van der Waals surface area contributed by atoms with Gasteiger partial charge in [0.05, 0.1) is 6.07 Å². The molecule has 1 atom stereocenters. The Morgan fingerprint density at radius 3 is 2.40 bits per heavy atom. The zero-order valence-electron chi connectivity index (χ0n) is 10.2. The number of hydrogen-bond acceptors (Lipinski definition) is 3. The third-order valence-electron chi connectivity index (χ3n) is 3.44. The lowest BCUT2D eigenvalue weighted by molar-refractivity contribution is 0.154. The van der Waals surface area contributed by atoms with Gasteiger partial charge in [0.2, 0.25) is 0 Å². The smallest absolute Gasteiger partial charge is 0.114 e. The lowest BCUT2D eigenvalue weighted by Gasteiger charge is -2.36. The highest BCUT2D eigenvalue weighted by Gasteiger charge is 2.26. The number of nitrogens with two attached hydrogens (primary N) is 1. The first-order valence-corrected chi connectivity index (χ1v) is 5.85. The number of likely N-dealkylation sites (N-methyl/N-ethyl adjacent to an activating group) is 1. The summed E-state index contributed by atoms with van der Waals surface area (Å²) >= 11 is 0. The molecule has 0 aromatic rings. The van der Waals surface area contributed by atoms with E-state index in [1.54, 1.807) is 6.92 Å². The van der Waals surface area contributed by atoms with E-state index in [4.69, 9.17) is 11.0 Å². The van der Waals surface area contributed by atoms with E-state index in [-0.39, 0.29) is 0 Å². The van der Waals surface area contributed by atoms with E-state index in [9.17, 15) is 0 Å². The summed E-state index contributed by atoms with van der Waals surface area (Å²) in [7, 11) is 2.09. The minimum absolute atomic E-state index is 0.623. The van der Waals surface area contributed by atoms with E-state index in [2.05, 4.69) is 24.9 Å². The molecule has 1 saturated carbocycles. The van der Waals surface area contributed by atoms with E-state index in [0.29, 0.717) is 12.6 Å². The summed E-state index contributed by atoms with van der Waals surface area (Å²) in [6.07, 6.45) is 5.12. The average molecular weight is 209 g/mol. The van der Waals surface area contributed by atoms with E-state index in [1.807, 2.05) is 0 Å². The van der Waals surface area contributed by atoms with Gasteiger partial charge in [-0.1, -0.05) is 6.92 Å². The Labute approximate surface area is 93.2 Å². The standard InChI is InChI=1S/C12H23N3/c1-10-4-6-11(7-5-10)15(3)9-12(2,14)8-13/h10-11H,4-7,9,14H2,1-3H3. The van der Waals surface area contributed by atoms with Gasteiger partial charge in [-0.25, -0.2) is 0 Å². The maximum Gasteiger partial charge on any atom is 0.114 e. The Balaban J connectivity index is 2.41. The molecule has 0 aromatic heterocycles. The first-order valence-electron chi connectivity index (χ1n) is 5.85.